The number of nitrogens with one attached hydrogen (secondary N) is 2. The second kappa shape index (κ2) is 8.08. The maximum Gasteiger partial charge on any atom is 0.269 e. The molecule has 1 aromatic carbocycles. The molecule has 0 saturated heterocycles. The number of aromatic nitrogens is 3. The molecule has 10 nitrogen and oxygen atoms in total. The highest BCUT2D eigenvalue weighted by Crippen LogP contribution is 2.32. The molecule has 0 atom stereocenters. The van der Waals surface area contributed by atoms with Gasteiger partial charge in [-0.25, -0.2) is 4.99 Å². The Morgan fingerprint density at radius 3 is 2.71 bits per heavy atom. The number of aliphatic imine (C=N–C) groups is 1. The molecule has 0 radical (unpaired) electrons. The number of benzene rings is 1. The molecule has 154 valence electrons. The lowest BCUT2D eigenvalue weighted by Gasteiger charge is -2.08. The predicted octanol–water partition coefficient (Wildman–Crippen LogP) is 3.18. The van der Waals surface area contributed by atoms with E-state index >= 15 is 0 Å². The first kappa shape index (κ1) is 19.8. The molecule has 3 heterocycles. The minimum Gasteiger partial charge on any atom is -0.457 e. The predicted molar refractivity (Wildman–Crippen MR) is 112 cm³/mol. The number of nitrogens with zero attached hydrogens (tertiary/aromatic N) is 5. The Bertz CT molecular complexity index is 1250. The van der Waals surface area contributed by atoms with E-state index in [1.54, 1.807) is 43.3 Å². The third-order valence-corrected chi connectivity index (χ3v) is 4.46. The summed E-state index contributed by atoms with van der Waals surface area (Å²) in [6, 6.07) is 12.2. The van der Waals surface area contributed by atoms with Gasteiger partial charge in [0.05, 0.1) is 6.42 Å². The molecule has 2 aromatic heterocycles. The molecule has 0 aliphatic carbocycles. The Hall–Kier alpha value is -4.52. The summed E-state index contributed by atoms with van der Waals surface area (Å²) in [5.74, 6) is 0.961. The van der Waals surface area contributed by atoms with Gasteiger partial charge in [-0.3, -0.25) is 14.6 Å². The molecule has 0 fully saturated rings. The van der Waals surface area contributed by atoms with Gasteiger partial charge < -0.3 is 15.4 Å². The molecule has 1 aliphatic rings. The SMILES string of the molecule is CNC(=O)c1cc(Oc2ccc(Nc3nn4c(c3C#N)N=C(C)CC4=O)cc2)ccn1. The number of nitriles is 1. The van der Waals surface area contributed by atoms with Crippen molar-refractivity contribution in [3.05, 3.63) is 53.9 Å². The number of pyridine rings is 1. The van der Waals surface area contributed by atoms with Crippen molar-refractivity contribution in [3.8, 4) is 17.6 Å². The summed E-state index contributed by atoms with van der Waals surface area (Å²) < 4.78 is 6.93. The summed E-state index contributed by atoms with van der Waals surface area (Å²) in [6.07, 6.45) is 1.66. The van der Waals surface area contributed by atoms with E-state index in [1.807, 2.05) is 0 Å². The molecule has 1 amide bonds. The molecule has 0 spiro atoms. The number of rotatable bonds is 5. The first-order chi connectivity index (χ1) is 15.0. The van der Waals surface area contributed by atoms with E-state index in [-0.39, 0.29) is 41.1 Å². The molecule has 31 heavy (non-hydrogen) atoms. The van der Waals surface area contributed by atoms with Crippen LogP contribution in [-0.2, 0) is 0 Å². The fourth-order valence-corrected chi connectivity index (χ4v) is 3.00. The van der Waals surface area contributed by atoms with E-state index in [2.05, 4.69) is 31.8 Å². The van der Waals surface area contributed by atoms with Crippen LogP contribution in [0.1, 0.15) is 34.2 Å². The second-order valence-electron chi connectivity index (χ2n) is 6.70. The average Bonchev–Trinajstić information content (AvgIpc) is 3.12. The monoisotopic (exact) mass is 415 g/mol. The molecule has 1 aliphatic heterocycles. The van der Waals surface area contributed by atoms with Crippen LogP contribution in [0, 0.1) is 11.3 Å². The molecule has 0 saturated carbocycles. The van der Waals surface area contributed by atoms with Crippen LogP contribution in [0.25, 0.3) is 0 Å². The highest BCUT2D eigenvalue weighted by Gasteiger charge is 2.25. The zero-order valence-electron chi connectivity index (χ0n) is 16.7. The Morgan fingerprint density at radius 2 is 2.00 bits per heavy atom. The third-order valence-electron chi connectivity index (χ3n) is 4.46. The van der Waals surface area contributed by atoms with Gasteiger partial charge in [0.25, 0.3) is 11.8 Å². The second-order valence-corrected chi connectivity index (χ2v) is 6.70. The number of ether oxygens (including phenoxy) is 1. The van der Waals surface area contributed by atoms with Crippen LogP contribution in [0.3, 0.4) is 0 Å². The van der Waals surface area contributed by atoms with E-state index in [1.165, 1.54) is 13.2 Å². The fourth-order valence-electron chi connectivity index (χ4n) is 3.00. The Balaban J connectivity index is 1.53. The largest absolute Gasteiger partial charge is 0.457 e. The number of fused-ring (bicyclic) bond motifs is 1. The van der Waals surface area contributed by atoms with Gasteiger partial charge in [-0.05, 0) is 37.3 Å². The van der Waals surface area contributed by atoms with Gasteiger partial charge in [0.2, 0.25) is 0 Å². The molecular formula is C21H17N7O3. The zero-order valence-corrected chi connectivity index (χ0v) is 16.7. The highest BCUT2D eigenvalue weighted by molar-refractivity contribution is 6.06. The lowest BCUT2D eigenvalue weighted by Crippen LogP contribution is -2.19. The summed E-state index contributed by atoms with van der Waals surface area (Å²) in [4.78, 5) is 32.2. The normalized spacial score (nSPS) is 12.4. The van der Waals surface area contributed by atoms with E-state index in [9.17, 15) is 14.9 Å². The van der Waals surface area contributed by atoms with Gasteiger partial charge in [0.15, 0.2) is 11.6 Å². The van der Waals surface area contributed by atoms with E-state index in [0.717, 1.165) is 4.68 Å². The first-order valence-corrected chi connectivity index (χ1v) is 9.32. The smallest absolute Gasteiger partial charge is 0.269 e. The average molecular weight is 415 g/mol. The quantitative estimate of drug-likeness (QED) is 0.653. The Morgan fingerprint density at radius 1 is 1.23 bits per heavy atom. The summed E-state index contributed by atoms with van der Waals surface area (Å²) in [5.41, 5.74) is 1.73. The van der Waals surface area contributed by atoms with Gasteiger partial charge in [-0.1, -0.05) is 0 Å². The molecule has 0 bridgehead atoms. The van der Waals surface area contributed by atoms with Crippen molar-refractivity contribution >= 4 is 34.8 Å². The number of hydrogen-bond acceptors (Lipinski definition) is 8. The fraction of sp³-hybridized carbons (Fsp3) is 0.143. The van der Waals surface area contributed by atoms with Crippen molar-refractivity contribution < 1.29 is 14.3 Å². The van der Waals surface area contributed by atoms with Crippen LogP contribution in [0.4, 0.5) is 17.3 Å². The number of carbonyl (C=O) groups excluding carboxylic acids is 2. The van der Waals surface area contributed by atoms with Crippen molar-refractivity contribution in [2.75, 3.05) is 12.4 Å². The van der Waals surface area contributed by atoms with Crippen molar-refractivity contribution in [2.24, 2.45) is 4.99 Å². The van der Waals surface area contributed by atoms with Gasteiger partial charge in [0, 0.05) is 30.7 Å². The third kappa shape index (κ3) is 3.97. The zero-order chi connectivity index (χ0) is 22.0. The van der Waals surface area contributed by atoms with Gasteiger partial charge in [-0.15, -0.1) is 5.10 Å². The minimum atomic E-state index is -0.306. The summed E-state index contributed by atoms with van der Waals surface area (Å²) in [5, 5.41) is 19.3. The van der Waals surface area contributed by atoms with Gasteiger partial charge in [-0.2, -0.15) is 9.94 Å². The van der Waals surface area contributed by atoms with Crippen LogP contribution in [0.15, 0.2) is 47.6 Å². The van der Waals surface area contributed by atoms with Crippen molar-refractivity contribution in [1.29, 1.82) is 5.26 Å². The first-order valence-electron chi connectivity index (χ1n) is 9.32. The number of amides is 1. The highest BCUT2D eigenvalue weighted by atomic mass is 16.5. The van der Waals surface area contributed by atoms with Crippen LogP contribution in [0.5, 0.6) is 11.5 Å². The summed E-state index contributed by atoms with van der Waals surface area (Å²) in [7, 11) is 1.53. The Labute approximate surface area is 177 Å². The van der Waals surface area contributed by atoms with Crippen LogP contribution in [0.2, 0.25) is 0 Å². The van der Waals surface area contributed by atoms with Crippen molar-refractivity contribution in [1.82, 2.24) is 20.1 Å². The lowest BCUT2D eigenvalue weighted by molar-refractivity contribution is 0.0905. The van der Waals surface area contributed by atoms with Crippen LogP contribution in [-0.4, -0.2) is 39.3 Å². The molecule has 0 unspecified atom stereocenters. The minimum absolute atomic E-state index is 0.168. The molecule has 2 N–H and O–H groups in total. The van der Waals surface area contributed by atoms with E-state index < -0.39 is 0 Å². The summed E-state index contributed by atoms with van der Waals surface area (Å²) >= 11 is 0. The standard InChI is InChI=1S/C21H17N7O3/c1-12-9-18(29)28-20(25-12)16(11-22)19(27-28)26-13-3-5-14(6-4-13)31-15-7-8-24-17(10-15)21(30)23-2/h3-8,10H,9H2,1-2H3,(H,23,30)(H,26,27). The van der Waals surface area contributed by atoms with Gasteiger partial charge >= 0.3 is 0 Å². The number of hydrogen-bond donors (Lipinski definition) is 2. The molecule has 4 rings (SSSR count). The maximum absolute atomic E-state index is 12.2. The molecular weight excluding hydrogens is 398 g/mol. The molecule has 3 aromatic rings. The summed E-state index contributed by atoms with van der Waals surface area (Å²) in [6.45, 7) is 1.74. The lowest BCUT2D eigenvalue weighted by atomic mass is 10.2. The maximum atomic E-state index is 12.2. The topological polar surface area (TPSA) is 134 Å². The van der Waals surface area contributed by atoms with Crippen molar-refractivity contribution in [2.45, 2.75) is 13.3 Å². The number of carbonyl (C=O) groups is 2. The van der Waals surface area contributed by atoms with Crippen molar-refractivity contribution in [3.63, 3.8) is 0 Å². The van der Waals surface area contributed by atoms with E-state index in [4.69, 9.17) is 4.74 Å². The van der Waals surface area contributed by atoms with Gasteiger partial charge in [0.1, 0.15) is 28.8 Å². The molecule has 10 heteroatoms. The van der Waals surface area contributed by atoms with Crippen LogP contribution >= 0.6 is 0 Å². The Kier molecular flexibility index (Phi) is 5.15. The number of anilines is 2. The van der Waals surface area contributed by atoms with E-state index in [0.29, 0.717) is 22.9 Å². The van der Waals surface area contributed by atoms with Crippen LogP contribution < -0.4 is 15.4 Å².